The monoisotopic (exact) mass is 603 g/mol. The summed E-state index contributed by atoms with van der Waals surface area (Å²) in [7, 11) is 0. The Balaban J connectivity index is 1.95. The number of halogens is 2. The number of carbonyl (C=O) groups is 3. The Morgan fingerprint density at radius 3 is 2.09 bits per heavy atom. The predicted octanol–water partition coefficient (Wildman–Crippen LogP) is 7.37. The molecule has 2 aromatic rings. The summed E-state index contributed by atoms with van der Waals surface area (Å²) >= 11 is 0. The smallest absolute Gasteiger partial charge is 0.420 e. The number of benzene rings is 2. The summed E-state index contributed by atoms with van der Waals surface area (Å²) in [6, 6.07) is 11.5. The summed E-state index contributed by atoms with van der Waals surface area (Å²) in [5, 5.41) is 0. The van der Waals surface area contributed by atoms with Crippen LogP contribution in [0.1, 0.15) is 78.9 Å². The van der Waals surface area contributed by atoms with E-state index < -0.39 is 59.2 Å². The zero-order valence-electron chi connectivity index (χ0n) is 26.0. The Hall–Kier alpha value is -3.53. The first-order valence-electron chi connectivity index (χ1n) is 14.6. The maximum absolute atomic E-state index is 14.7. The van der Waals surface area contributed by atoms with Crippen LogP contribution in [0, 0.1) is 17.6 Å². The number of amides is 2. The number of nitrogens with zero attached hydrogens (tertiary/aromatic N) is 1. The Morgan fingerprint density at radius 1 is 0.930 bits per heavy atom. The van der Waals surface area contributed by atoms with Crippen LogP contribution in [0.4, 0.5) is 18.4 Å². The van der Waals surface area contributed by atoms with Gasteiger partial charge < -0.3 is 18.9 Å². The van der Waals surface area contributed by atoms with Crippen LogP contribution in [0.5, 0.6) is 0 Å². The number of rotatable bonds is 6. The van der Waals surface area contributed by atoms with Gasteiger partial charge in [-0.1, -0.05) is 42.8 Å². The molecule has 1 fully saturated rings. The van der Waals surface area contributed by atoms with Crippen molar-refractivity contribution in [2.24, 2.45) is 5.92 Å². The second-order valence-corrected chi connectivity index (χ2v) is 12.9. The Bertz CT molecular complexity index is 1230. The molecule has 10 heteroatoms. The van der Waals surface area contributed by atoms with Crippen LogP contribution >= 0.6 is 0 Å². The fourth-order valence-corrected chi connectivity index (χ4v) is 4.98. The standard InChI is InChI=1S/C33H43F2NO7/c1-21-28(40-20-22-12-9-8-10-13-22)24(18-23-16-17-25(34)19-26(23)35)14-11-15-27(29(37)41-21)36(30(38)42-32(2,3)4)31(39)43-33(5,6)7/h8-10,12-13,16-17,19,21,24,27-28H,11,14-15,18,20H2,1-7H3. The number of ether oxygens (including phenoxy) is 4. The van der Waals surface area contributed by atoms with Crippen molar-refractivity contribution in [1.82, 2.24) is 4.90 Å². The van der Waals surface area contributed by atoms with Gasteiger partial charge in [-0.2, -0.15) is 4.90 Å². The first kappa shape index (κ1) is 34.0. The van der Waals surface area contributed by atoms with E-state index in [1.807, 2.05) is 30.3 Å². The largest absolute Gasteiger partial charge is 0.458 e. The minimum absolute atomic E-state index is 0.0534. The first-order chi connectivity index (χ1) is 20.0. The summed E-state index contributed by atoms with van der Waals surface area (Å²) in [6.07, 6.45) is -2.54. The van der Waals surface area contributed by atoms with Crippen LogP contribution in [-0.2, 0) is 36.8 Å². The van der Waals surface area contributed by atoms with Crippen molar-refractivity contribution >= 4 is 18.2 Å². The zero-order valence-corrected chi connectivity index (χ0v) is 26.0. The van der Waals surface area contributed by atoms with Crippen LogP contribution in [0.15, 0.2) is 48.5 Å². The molecule has 0 saturated carbocycles. The summed E-state index contributed by atoms with van der Waals surface area (Å²) in [5.41, 5.74) is -0.703. The highest BCUT2D eigenvalue weighted by Gasteiger charge is 2.43. The summed E-state index contributed by atoms with van der Waals surface area (Å²) < 4.78 is 51.5. The average molecular weight is 604 g/mol. The van der Waals surface area contributed by atoms with E-state index in [1.165, 1.54) is 12.1 Å². The van der Waals surface area contributed by atoms with Crippen molar-refractivity contribution in [3.63, 3.8) is 0 Å². The lowest BCUT2D eigenvalue weighted by molar-refractivity contribution is -0.165. The van der Waals surface area contributed by atoms with Crippen molar-refractivity contribution in [3.8, 4) is 0 Å². The molecular weight excluding hydrogens is 560 g/mol. The molecule has 0 bridgehead atoms. The van der Waals surface area contributed by atoms with Crippen molar-refractivity contribution in [2.75, 3.05) is 0 Å². The topological polar surface area (TPSA) is 91.4 Å². The number of carbonyl (C=O) groups excluding carboxylic acids is 3. The van der Waals surface area contributed by atoms with E-state index in [1.54, 1.807) is 48.5 Å². The van der Waals surface area contributed by atoms with Crippen molar-refractivity contribution in [2.45, 2.75) is 110 Å². The van der Waals surface area contributed by atoms with Crippen LogP contribution in [0.2, 0.25) is 0 Å². The number of imide groups is 1. The minimum Gasteiger partial charge on any atom is -0.458 e. The second-order valence-electron chi connectivity index (χ2n) is 12.9. The summed E-state index contributed by atoms with van der Waals surface area (Å²) in [5.74, 6) is -2.51. The van der Waals surface area contributed by atoms with E-state index in [9.17, 15) is 23.2 Å². The third-order valence-corrected chi connectivity index (χ3v) is 6.83. The number of cyclic esters (lactones) is 1. The van der Waals surface area contributed by atoms with Crippen LogP contribution in [-0.4, -0.2) is 52.5 Å². The van der Waals surface area contributed by atoms with Crippen LogP contribution < -0.4 is 0 Å². The van der Waals surface area contributed by atoms with E-state index in [4.69, 9.17) is 18.9 Å². The van der Waals surface area contributed by atoms with Gasteiger partial charge >= 0.3 is 18.2 Å². The van der Waals surface area contributed by atoms with Gasteiger partial charge in [0.15, 0.2) is 0 Å². The normalized spacial score (nSPS) is 21.6. The summed E-state index contributed by atoms with van der Waals surface area (Å²) in [4.78, 5) is 40.9. The zero-order chi connectivity index (χ0) is 31.9. The number of hydrogen-bond acceptors (Lipinski definition) is 7. The lowest BCUT2D eigenvalue weighted by Crippen LogP contribution is -2.53. The van der Waals surface area contributed by atoms with E-state index in [0.717, 1.165) is 11.6 Å². The third-order valence-electron chi connectivity index (χ3n) is 6.83. The molecule has 236 valence electrons. The molecular formula is C33H43F2NO7. The van der Waals surface area contributed by atoms with Gasteiger partial charge in [0, 0.05) is 6.07 Å². The van der Waals surface area contributed by atoms with Gasteiger partial charge in [0.1, 0.15) is 35.0 Å². The number of hydrogen-bond donors (Lipinski definition) is 0. The number of esters is 1. The van der Waals surface area contributed by atoms with Gasteiger partial charge in [0.2, 0.25) is 0 Å². The molecule has 2 amide bonds. The van der Waals surface area contributed by atoms with Gasteiger partial charge in [-0.05, 0) is 90.8 Å². The molecule has 0 aromatic heterocycles. The van der Waals surface area contributed by atoms with Gasteiger partial charge in [0.05, 0.1) is 12.7 Å². The Labute approximate surface area is 252 Å². The maximum Gasteiger partial charge on any atom is 0.420 e. The minimum atomic E-state index is -1.33. The molecule has 2 aromatic carbocycles. The highest BCUT2D eigenvalue weighted by molar-refractivity contribution is 5.94. The van der Waals surface area contributed by atoms with E-state index in [0.29, 0.717) is 23.3 Å². The molecule has 1 heterocycles. The van der Waals surface area contributed by atoms with Gasteiger partial charge in [-0.3, -0.25) is 0 Å². The second kappa shape index (κ2) is 14.3. The summed E-state index contributed by atoms with van der Waals surface area (Å²) in [6.45, 7) is 11.8. The van der Waals surface area contributed by atoms with Crippen LogP contribution in [0.3, 0.4) is 0 Å². The molecule has 4 unspecified atom stereocenters. The molecule has 1 saturated heterocycles. The molecule has 4 atom stereocenters. The van der Waals surface area contributed by atoms with Crippen molar-refractivity contribution < 1.29 is 42.1 Å². The van der Waals surface area contributed by atoms with E-state index in [2.05, 4.69) is 0 Å². The lowest BCUT2D eigenvalue weighted by atomic mass is 9.86. The molecule has 8 nitrogen and oxygen atoms in total. The first-order valence-corrected chi connectivity index (χ1v) is 14.6. The molecule has 43 heavy (non-hydrogen) atoms. The van der Waals surface area contributed by atoms with E-state index >= 15 is 0 Å². The Morgan fingerprint density at radius 2 is 1.53 bits per heavy atom. The van der Waals surface area contributed by atoms with Crippen LogP contribution in [0.25, 0.3) is 0 Å². The predicted molar refractivity (Wildman–Crippen MR) is 156 cm³/mol. The van der Waals surface area contributed by atoms with E-state index in [-0.39, 0.29) is 25.4 Å². The fourth-order valence-electron chi connectivity index (χ4n) is 4.98. The Kier molecular flexibility index (Phi) is 11.3. The SMILES string of the molecule is CC1OC(=O)C(N(C(=O)OC(C)(C)C)C(=O)OC(C)(C)C)CCCC(Cc2ccc(F)cc2F)C1OCc1ccccc1. The highest BCUT2D eigenvalue weighted by Crippen LogP contribution is 2.31. The molecule has 0 spiro atoms. The van der Waals surface area contributed by atoms with Gasteiger partial charge in [0.25, 0.3) is 0 Å². The molecule has 1 aliphatic heterocycles. The van der Waals surface area contributed by atoms with Gasteiger partial charge in [-0.25, -0.2) is 23.2 Å². The quantitative estimate of drug-likeness (QED) is 0.252. The molecule has 0 N–H and O–H groups in total. The average Bonchev–Trinajstić information content (AvgIpc) is 2.92. The molecule has 3 rings (SSSR count). The fraction of sp³-hybridized carbons (Fsp3) is 0.545. The molecule has 0 radical (unpaired) electrons. The van der Waals surface area contributed by atoms with Gasteiger partial charge in [-0.15, -0.1) is 0 Å². The maximum atomic E-state index is 14.7. The van der Waals surface area contributed by atoms with Crippen molar-refractivity contribution in [3.05, 3.63) is 71.3 Å². The lowest BCUT2D eigenvalue weighted by Gasteiger charge is -2.33. The molecule has 1 aliphatic rings. The highest BCUT2D eigenvalue weighted by atomic mass is 19.1. The molecule has 0 aliphatic carbocycles. The van der Waals surface area contributed by atoms with Crippen molar-refractivity contribution in [1.29, 1.82) is 0 Å². The third kappa shape index (κ3) is 10.3.